The van der Waals surface area contributed by atoms with E-state index < -0.39 is 0 Å². The molecule has 5 nitrogen and oxygen atoms in total. The Morgan fingerprint density at radius 3 is 2.71 bits per heavy atom. The minimum atomic E-state index is -0.388. The summed E-state index contributed by atoms with van der Waals surface area (Å²) in [7, 11) is 1.85. The van der Waals surface area contributed by atoms with Crippen molar-refractivity contribution in [2.45, 2.75) is 6.92 Å². The SMILES string of the molecule is CNCC(C)CNC(=O)c1cccc(O)c1O. The number of phenols is 2. The molecule has 4 N–H and O–H groups in total. The normalized spacial score (nSPS) is 12.1. The molecule has 1 rings (SSSR count). The van der Waals surface area contributed by atoms with Crippen LogP contribution in [-0.4, -0.2) is 36.3 Å². The van der Waals surface area contributed by atoms with Crippen molar-refractivity contribution in [3.63, 3.8) is 0 Å². The van der Waals surface area contributed by atoms with Crippen LogP contribution in [0.2, 0.25) is 0 Å². The van der Waals surface area contributed by atoms with Crippen molar-refractivity contribution in [2.24, 2.45) is 5.92 Å². The molecule has 0 radical (unpaired) electrons. The monoisotopic (exact) mass is 238 g/mol. The quantitative estimate of drug-likeness (QED) is 0.569. The van der Waals surface area contributed by atoms with Gasteiger partial charge in [-0.3, -0.25) is 4.79 Å². The maximum absolute atomic E-state index is 11.7. The van der Waals surface area contributed by atoms with Gasteiger partial charge in [-0.15, -0.1) is 0 Å². The van der Waals surface area contributed by atoms with Crippen LogP contribution in [0.5, 0.6) is 11.5 Å². The van der Waals surface area contributed by atoms with E-state index in [4.69, 9.17) is 0 Å². The van der Waals surface area contributed by atoms with Crippen LogP contribution in [0.25, 0.3) is 0 Å². The van der Waals surface area contributed by atoms with Crippen LogP contribution in [0.15, 0.2) is 18.2 Å². The summed E-state index contributed by atoms with van der Waals surface area (Å²) in [5.74, 6) is -0.767. The van der Waals surface area contributed by atoms with E-state index in [1.165, 1.54) is 18.2 Å². The number of phenolic OH excluding ortho intramolecular Hbond substituents is 2. The molecule has 1 unspecified atom stereocenters. The molecule has 0 bridgehead atoms. The Balaban J connectivity index is 2.61. The van der Waals surface area contributed by atoms with Crippen molar-refractivity contribution in [1.82, 2.24) is 10.6 Å². The van der Waals surface area contributed by atoms with Gasteiger partial charge in [-0.1, -0.05) is 13.0 Å². The molecule has 0 aliphatic carbocycles. The van der Waals surface area contributed by atoms with Crippen LogP contribution in [0.1, 0.15) is 17.3 Å². The predicted molar refractivity (Wildman–Crippen MR) is 65.2 cm³/mol. The molecule has 0 aliphatic rings. The van der Waals surface area contributed by atoms with Crippen molar-refractivity contribution in [2.75, 3.05) is 20.1 Å². The van der Waals surface area contributed by atoms with E-state index in [9.17, 15) is 15.0 Å². The van der Waals surface area contributed by atoms with Gasteiger partial charge >= 0.3 is 0 Å². The fourth-order valence-corrected chi connectivity index (χ4v) is 1.50. The van der Waals surface area contributed by atoms with Crippen LogP contribution >= 0.6 is 0 Å². The molecule has 1 atom stereocenters. The first-order valence-corrected chi connectivity index (χ1v) is 5.50. The lowest BCUT2D eigenvalue weighted by atomic mass is 10.1. The van der Waals surface area contributed by atoms with Crippen molar-refractivity contribution in [1.29, 1.82) is 0 Å². The summed E-state index contributed by atoms with van der Waals surface area (Å²) in [4.78, 5) is 11.7. The maximum atomic E-state index is 11.7. The van der Waals surface area contributed by atoms with E-state index in [0.29, 0.717) is 12.5 Å². The predicted octanol–water partition coefficient (Wildman–Crippen LogP) is 0.683. The van der Waals surface area contributed by atoms with Crippen molar-refractivity contribution < 1.29 is 15.0 Å². The van der Waals surface area contributed by atoms with Crippen LogP contribution in [0.3, 0.4) is 0 Å². The smallest absolute Gasteiger partial charge is 0.255 e. The zero-order valence-corrected chi connectivity index (χ0v) is 10.0. The second-order valence-corrected chi connectivity index (χ2v) is 4.05. The van der Waals surface area contributed by atoms with Crippen LogP contribution in [0, 0.1) is 5.92 Å². The number of carbonyl (C=O) groups is 1. The average Bonchev–Trinajstić information content (AvgIpc) is 2.30. The van der Waals surface area contributed by atoms with Crippen LogP contribution < -0.4 is 10.6 Å². The molecule has 5 heteroatoms. The highest BCUT2D eigenvalue weighted by atomic mass is 16.3. The molecule has 0 saturated carbocycles. The number of amides is 1. The third-order valence-electron chi connectivity index (χ3n) is 2.42. The second kappa shape index (κ2) is 6.10. The molecule has 1 amide bonds. The molecule has 1 aromatic rings. The number of carbonyl (C=O) groups excluding carboxylic acids is 1. The number of benzene rings is 1. The molecule has 0 spiro atoms. The lowest BCUT2D eigenvalue weighted by Gasteiger charge is -2.12. The first-order valence-electron chi connectivity index (χ1n) is 5.50. The Morgan fingerprint density at radius 1 is 1.35 bits per heavy atom. The number of hydrogen-bond acceptors (Lipinski definition) is 4. The highest BCUT2D eigenvalue weighted by molar-refractivity contribution is 5.97. The lowest BCUT2D eigenvalue weighted by molar-refractivity contribution is 0.0945. The summed E-state index contributed by atoms with van der Waals surface area (Å²) in [5.41, 5.74) is 0.0849. The van der Waals surface area contributed by atoms with Gasteiger partial charge in [-0.25, -0.2) is 0 Å². The maximum Gasteiger partial charge on any atom is 0.255 e. The zero-order valence-electron chi connectivity index (χ0n) is 10.0. The van der Waals surface area contributed by atoms with Gasteiger partial charge in [0.1, 0.15) is 0 Å². The van der Waals surface area contributed by atoms with Gasteiger partial charge in [0, 0.05) is 6.54 Å². The van der Waals surface area contributed by atoms with E-state index >= 15 is 0 Å². The molecule has 0 fully saturated rings. The van der Waals surface area contributed by atoms with Crippen molar-refractivity contribution in [3.8, 4) is 11.5 Å². The largest absolute Gasteiger partial charge is 0.504 e. The molecule has 0 saturated heterocycles. The fraction of sp³-hybridized carbons (Fsp3) is 0.417. The average molecular weight is 238 g/mol. The second-order valence-electron chi connectivity index (χ2n) is 4.05. The zero-order chi connectivity index (χ0) is 12.8. The molecule has 0 aliphatic heterocycles. The van der Waals surface area contributed by atoms with Gasteiger partial charge < -0.3 is 20.8 Å². The molecule has 0 heterocycles. The van der Waals surface area contributed by atoms with Crippen molar-refractivity contribution in [3.05, 3.63) is 23.8 Å². The topological polar surface area (TPSA) is 81.6 Å². The summed E-state index contributed by atoms with van der Waals surface area (Å²) < 4.78 is 0. The molecule has 94 valence electrons. The highest BCUT2D eigenvalue weighted by Crippen LogP contribution is 2.27. The first kappa shape index (κ1) is 13.3. The number of aromatic hydroxyl groups is 2. The number of rotatable bonds is 5. The summed E-state index contributed by atoms with van der Waals surface area (Å²) >= 11 is 0. The highest BCUT2D eigenvalue weighted by Gasteiger charge is 2.14. The Labute approximate surface area is 100 Å². The molecular weight excluding hydrogens is 220 g/mol. The molecular formula is C12H18N2O3. The summed E-state index contributed by atoms with van der Waals surface area (Å²) in [6, 6.07) is 4.31. The van der Waals surface area contributed by atoms with E-state index in [1.54, 1.807) is 0 Å². The van der Waals surface area contributed by atoms with Crippen LogP contribution in [-0.2, 0) is 0 Å². The Morgan fingerprint density at radius 2 is 2.06 bits per heavy atom. The third-order valence-corrected chi connectivity index (χ3v) is 2.42. The molecule has 0 aromatic heterocycles. The van der Waals surface area contributed by atoms with E-state index in [1.807, 2.05) is 14.0 Å². The Bertz CT molecular complexity index is 393. The lowest BCUT2D eigenvalue weighted by Crippen LogP contribution is -2.32. The van der Waals surface area contributed by atoms with Gasteiger partial charge in [-0.05, 0) is 31.6 Å². The number of hydrogen-bond donors (Lipinski definition) is 4. The summed E-state index contributed by atoms with van der Waals surface area (Å²) in [5, 5.41) is 24.5. The minimum absolute atomic E-state index is 0.0849. The first-order chi connectivity index (χ1) is 8.06. The van der Waals surface area contributed by atoms with Gasteiger partial charge in [0.05, 0.1) is 5.56 Å². The summed E-state index contributed by atoms with van der Waals surface area (Å²) in [6.07, 6.45) is 0. The van der Waals surface area contributed by atoms with Gasteiger partial charge in [0.2, 0.25) is 0 Å². The number of para-hydroxylation sites is 1. The summed E-state index contributed by atoms with van der Waals surface area (Å²) in [6.45, 7) is 3.31. The van der Waals surface area contributed by atoms with Crippen LogP contribution in [0.4, 0.5) is 0 Å². The van der Waals surface area contributed by atoms with Crippen molar-refractivity contribution >= 4 is 5.91 Å². The van der Waals surface area contributed by atoms with E-state index in [0.717, 1.165) is 6.54 Å². The van der Waals surface area contributed by atoms with E-state index in [-0.39, 0.29) is 23.0 Å². The van der Waals surface area contributed by atoms with Gasteiger partial charge in [0.15, 0.2) is 11.5 Å². The van der Waals surface area contributed by atoms with Gasteiger partial charge in [0.25, 0.3) is 5.91 Å². The number of nitrogens with one attached hydrogen (secondary N) is 2. The van der Waals surface area contributed by atoms with E-state index in [2.05, 4.69) is 10.6 Å². The third kappa shape index (κ3) is 3.64. The Kier molecular flexibility index (Phi) is 4.78. The molecule has 17 heavy (non-hydrogen) atoms. The van der Waals surface area contributed by atoms with Gasteiger partial charge in [-0.2, -0.15) is 0 Å². The minimum Gasteiger partial charge on any atom is -0.504 e. The fourth-order valence-electron chi connectivity index (χ4n) is 1.50. The molecule has 1 aromatic carbocycles. The standard InChI is InChI=1S/C12H18N2O3/c1-8(6-13-2)7-14-12(17)9-4-3-5-10(15)11(9)16/h3-5,8,13,15-16H,6-7H2,1-2H3,(H,14,17). The Hall–Kier alpha value is -1.75.